The van der Waals surface area contributed by atoms with E-state index in [2.05, 4.69) is 16.9 Å². The Kier molecular flexibility index (Phi) is 12.6. The van der Waals surface area contributed by atoms with Crippen molar-refractivity contribution >= 4 is 0 Å². The van der Waals surface area contributed by atoms with Crippen LogP contribution in [-0.2, 0) is 25.8 Å². The van der Waals surface area contributed by atoms with Crippen molar-refractivity contribution in [3.63, 3.8) is 0 Å². The molecule has 2 heterocycles. The van der Waals surface area contributed by atoms with Crippen molar-refractivity contribution in [3.05, 3.63) is 54.0 Å². The number of rotatable bonds is 2. The van der Waals surface area contributed by atoms with Gasteiger partial charge in [-0.3, -0.25) is 0 Å². The fourth-order valence-electron chi connectivity index (χ4n) is 1.82. The molecule has 2 aromatic rings. The van der Waals surface area contributed by atoms with Crippen LogP contribution in [0, 0.1) is 34.6 Å². The van der Waals surface area contributed by atoms with Gasteiger partial charge in [0, 0.05) is 25.8 Å². The van der Waals surface area contributed by atoms with Gasteiger partial charge in [-0.15, -0.1) is 0 Å². The summed E-state index contributed by atoms with van der Waals surface area (Å²) in [7, 11) is 0. The Hall–Kier alpha value is -0.650. The summed E-state index contributed by atoms with van der Waals surface area (Å²) in [6.07, 6.45) is -0.144. The first-order valence-corrected chi connectivity index (χ1v) is 7.39. The number of aromatic nitrogens is 2. The predicted molar refractivity (Wildman–Crippen MR) is 90.8 cm³/mol. The van der Waals surface area contributed by atoms with Gasteiger partial charge in [0.15, 0.2) is 0 Å². The maximum absolute atomic E-state index is 8.92. The Morgan fingerprint density at radius 1 is 0.957 bits per heavy atom. The van der Waals surface area contributed by atoms with Gasteiger partial charge in [0.1, 0.15) is 0 Å². The largest absolute Gasteiger partial charge is 0.665 e. The first kappa shape index (κ1) is 24.6. The second-order valence-corrected chi connectivity index (χ2v) is 6.01. The van der Waals surface area contributed by atoms with Crippen molar-refractivity contribution in [2.75, 3.05) is 0 Å². The zero-order valence-corrected chi connectivity index (χ0v) is 18.7. The topological polar surface area (TPSA) is 68.7 Å². The number of hydrogen-bond donors (Lipinski definition) is 2. The summed E-state index contributed by atoms with van der Waals surface area (Å²) in [4.78, 5) is 8.22. The fraction of sp³-hybridized carbons (Fsp3) is 0.500. The molecule has 2 aromatic heterocycles. The van der Waals surface area contributed by atoms with Gasteiger partial charge >= 0.3 is 0 Å². The van der Waals surface area contributed by atoms with Gasteiger partial charge < -0.3 is 27.1 Å². The molecule has 0 saturated carbocycles. The van der Waals surface area contributed by atoms with Gasteiger partial charge in [-0.05, 0) is 13.3 Å². The Balaban J connectivity index is 0. The average molecular weight is 484 g/mol. The van der Waals surface area contributed by atoms with E-state index in [0.29, 0.717) is 6.42 Å². The molecule has 4 nitrogen and oxygen atoms in total. The third kappa shape index (κ3) is 16.0. The molecular weight excluding hydrogens is 455 g/mol. The molecule has 0 bridgehead atoms. The summed E-state index contributed by atoms with van der Waals surface area (Å²) in [6.45, 7) is 14.6. The Morgan fingerprint density at radius 2 is 1.22 bits per heavy atom. The molecule has 0 aromatic carbocycles. The number of aliphatic hydroxyl groups is 2. The summed E-state index contributed by atoms with van der Waals surface area (Å²) in [6, 6.07) is 8.04. The molecule has 0 fully saturated rings. The minimum atomic E-state index is -0.978. The molecule has 0 aliphatic carbocycles. The molecule has 2 atom stereocenters. The van der Waals surface area contributed by atoms with Gasteiger partial charge in [0.2, 0.25) is 0 Å². The van der Waals surface area contributed by atoms with Crippen LogP contribution in [0.3, 0.4) is 0 Å². The minimum absolute atomic E-state index is 0. The molecule has 0 aliphatic rings. The van der Waals surface area contributed by atoms with Gasteiger partial charge in [0.05, 0.1) is 6.10 Å². The minimum Gasteiger partial charge on any atom is -0.665 e. The van der Waals surface area contributed by atoms with E-state index >= 15 is 0 Å². The molecule has 130 valence electrons. The van der Waals surface area contributed by atoms with Crippen LogP contribution in [0.15, 0.2) is 24.3 Å². The molecule has 0 radical (unpaired) electrons. The van der Waals surface area contributed by atoms with E-state index < -0.39 is 11.7 Å². The fourth-order valence-corrected chi connectivity index (χ4v) is 1.82. The van der Waals surface area contributed by atoms with E-state index in [1.807, 2.05) is 52.0 Å². The van der Waals surface area contributed by atoms with Crippen LogP contribution in [0.4, 0.5) is 0 Å². The van der Waals surface area contributed by atoms with Crippen molar-refractivity contribution in [2.24, 2.45) is 0 Å². The Morgan fingerprint density at radius 3 is 1.26 bits per heavy atom. The second kappa shape index (κ2) is 11.8. The SMILES string of the molecule is Cc1ccc(C)[n-]1.Cc1ccc(C)[n-]1.[CH2-]C(C)(O)CC(C)O.[Hf]. The van der Waals surface area contributed by atoms with Crippen LogP contribution in [0.2, 0.25) is 0 Å². The van der Waals surface area contributed by atoms with Crippen molar-refractivity contribution in [3.8, 4) is 0 Å². The smallest absolute Gasteiger partial charge is 0.0513 e. The van der Waals surface area contributed by atoms with Crippen LogP contribution in [0.1, 0.15) is 43.0 Å². The molecule has 0 saturated heterocycles. The zero-order valence-electron chi connectivity index (χ0n) is 15.1. The van der Waals surface area contributed by atoms with Crippen molar-refractivity contribution in [1.29, 1.82) is 0 Å². The van der Waals surface area contributed by atoms with E-state index in [-0.39, 0.29) is 25.8 Å². The Labute approximate surface area is 159 Å². The molecular formula is C18H29HfN2O2-3. The third-order valence-electron chi connectivity index (χ3n) is 2.57. The van der Waals surface area contributed by atoms with Gasteiger partial charge in [-0.1, -0.05) is 64.5 Å². The van der Waals surface area contributed by atoms with Crippen LogP contribution < -0.4 is 9.97 Å². The zero-order chi connectivity index (χ0) is 17.3. The normalized spacial score (nSPS) is 13.4. The third-order valence-corrected chi connectivity index (χ3v) is 2.57. The molecule has 2 N–H and O–H groups in total. The quantitative estimate of drug-likeness (QED) is 0.509. The average Bonchev–Trinajstić information content (AvgIpc) is 2.85. The molecule has 2 unspecified atom stereocenters. The molecule has 23 heavy (non-hydrogen) atoms. The maximum Gasteiger partial charge on any atom is 0.0513 e. The molecule has 5 heteroatoms. The summed E-state index contributed by atoms with van der Waals surface area (Å²) >= 11 is 0. The summed E-state index contributed by atoms with van der Waals surface area (Å²) in [5.74, 6) is 0. The summed E-state index contributed by atoms with van der Waals surface area (Å²) in [5, 5.41) is 17.6. The van der Waals surface area contributed by atoms with Crippen LogP contribution in [0.5, 0.6) is 0 Å². The number of aliphatic hydroxyl groups excluding tert-OH is 1. The van der Waals surface area contributed by atoms with Crippen molar-refractivity contribution in [1.82, 2.24) is 9.97 Å². The number of hydrogen-bond acceptors (Lipinski definition) is 2. The van der Waals surface area contributed by atoms with E-state index in [1.165, 1.54) is 0 Å². The van der Waals surface area contributed by atoms with Crippen LogP contribution in [0.25, 0.3) is 0 Å². The first-order valence-electron chi connectivity index (χ1n) is 7.39. The van der Waals surface area contributed by atoms with Crippen molar-refractivity contribution in [2.45, 2.75) is 59.7 Å². The van der Waals surface area contributed by atoms with E-state index in [9.17, 15) is 0 Å². The van der Waals surface area contributed by atoms with Crippen LogP contribution >= 0.6 is 0 Å². The number of aryl methyl sites for hydroxylation is 4. The van der Waals surface area contributed by atoms with E-state index in [4.69, 9.17) is 10.2 Å². The van der Waals surface area contributed by atoms with Gasteiger partial charge in [-0.2, -0.15) is 22.8 Å². The van der Waals surface area contributed by atoms with E-state index in [1.54, 1.807) is 13.8 Å². The molecule has 0 amide bonds. The standard InChI is InChI=1S/2C6H8N.C6H13O2.Hf/c2*1-5-3-4-6(2)7-5;1-5(7)4-6(2,3)8;/h2*3-4H,1-2H3;5,7-8H,2,4H2,1,3H3;/q3*-1;. The summed E-state index contributed by atoms with van der Waals surface area (Å²) in [5.41, 5.74) is 3.46. The molecule has 0 aliphatic heterocycles. The first-order chi connectivity index (χ1) is 9.99. The monoisotopic (exact) mass is 485 g/mol. The van der Waals surface area contributed by atoms with Crippen molar-refractivity contribution < 1.29 is 36.1 Å². The van der Waals surface area contributed by atoms with E-state index in [0.717, 1.165) is 22.8 Å². The Bertz CT molecular complexity index is 454. The second-order valence-electron chi connectivity index (χ2n) is 6.01. The number of nitrogens with zero attached hydrogens (tertiary/aromatic N) is 2. The van der Waals surface area contributed by atoms with Gasteiger partial charge in [0.25, 0.3) is 0 Å². The molecule has 2 rings (SSSR count). The molecule has 0 spiro atoms. The summed E-state index contributed by atoms with van der Waals surface area (Å²) < 4.78 is 0. The van der Waals surface area contributed by atoms with Crippen LogP contribution in [-0.4, -0.2) is 21.9 Å². The predicted octanol–water partition coefficient (Wildman–Crippen LogP) is 2.86. The van der Waals surface area contributed by atoms with Gasteiger partial charge in [-0.25, -0.2) is 0 Å². The maximum atomic E-state index is 8.92.